The number of amides is 1. The first-order chi connectivity index (χ1) is 9.58. The molecule has 1 aromatic rings. The lowest BCUT2D eigenvalue weighted by Gasteiger charge is -2.26. The molecule has 0 bridgehead atoms. The number of hydrogen-bond donors (Lipinski definition) is 1. The molecule has 1 amide bonds. The first-order valence-corrected chi connectivity index (χ1v) is 7.06. The summed E-state index contributed by atoms with van der Waals surface area (Å²) in [4.78, 5) is 14.1. The van der Waals surface area contributed by atoms with E-state index in [0.717, 1.165) is 18.9 Å². The number of nitrogens with one attached hydrogen (secondary N) is 1. The number of nitrogens with zero attached hydrogens (tertiary/aromatic N) is 4. The fourth-order valence-corrected chi connectivity index (χ4v) is 2.27. The van der Waals surface area contributed by atoms with E-state index in [-0.39, 0.29) is 18.0 Å². The highest BCUT2D eigenvalue weighted by molar-refractivity contribution is 5.78. The Morgan fingerprint density at radius 3 is 2.75 bits per heavy atom. The maximum Gasteiger partial charge on any atom is 0.234 e. The van der Waals surface area contributed by atoms with Gasteiger partial charge in [0, 0.05) is 19.1 Å². The number of aromatic nitrogens is 3. The van der Waals surface area contributed by atoms with Crippen LogP contribution in [0.3, 0.4) is 0 Å². The molecule has 1 saturated heterocycles. The summed E-state index contributed by atoms with van der Waals surface area (Å²) in [6.07, 6.45) is 1.70. The van der Waals surface area contributed by atoms with Crippen LogP contribution in [0.5, 0.6) is 0 Å². The van der Waals surface area contributed by atoms with E-state index in [1.54, 1.807) is 6.33 Å². The average molecular weight is 281 g/mol. The Morgan fingerprint density at radius 2 is 2.10 bits per heavy atom. The van der Waals surface area contributed by atoms with Gasteiger partial charge < -0.3 is 14.6 Å². The fourth-order valence-electron chi connectivity index (χ4n) is 2.27. The molecule has 1 fully saturated rings. The van der Waals surface area contributed by atoms with Crippen molar-refractivity contribution >= 4 is 5.91 Å². The molecular formula is C13H23N5O2. The molecule has 0 radical (unpaired) electrons. The molecule has 0 aliphatic carbocycles. The maximum atomic E-state index is 12.0. The molecular weight excluding hydrogens is 258 g/mol. The second-order valence-electron chi connectivity index (χ2n) is 5.37. The number of hydrogen-bond acceptors (Lipinski definition) is 5. The summed E-state index contributed by atoms with van der Waals surface area (Å²) in [5.41, 5.74) is 0. The van der Waals surface area contributed by atoms with Crippen LogP contribution in [0.4, 0.5) is 0 Å². The normalized spacial score (nSPS) is 18.2. The Hall–Kier alpha value is -1.47. The minimum Gasteiger partial charge on any atom is -0.379 e. The fraction of sp³-hybridized carbons (Fsp3) is 0.769. The summed E-state index contributed by atoms with van der Waals surface area (Å²) in [6.45, 7) is 9.48. The highest BCUT2D eigenvalue weighted by atomic mass is 16.5. The SMILES string of the molecule is CC(NC(=O)CN1CCOCC1)c1nncn1C(C)C. The monoisotopic (exact) mass is 281 g/mol. The summed E-state index contributed by atoms with van der Waals surface area (Å²) < 4.78 is 7.24. The van der Waals surface area contributed by atoms with Crippen molar-refractivity contribution in [3.8, 4) is 0 Å². The first kappa shape index (κ1) is 14.9. The molecule has 20 heavy (non-hydrogen) atoms. The van der Waals surface area contributed by atoms with Gasteiger partial charge in [-0.05, 0) is 20.8 Å². The third kappa shape index (κ3) is 3.77. The summed E-state index contributed by atoms with van der Waals surface area (Å²) >= 11 is 0. The molecule has 2 rings (SSSR count). The molecule has 2 heterocycles. The summed E-state index contributed by atoms with van der Waals surface area (Å²) in [7, 11) is 0. The van der Waals surface area contributed by atoms with Crippen molar-refractivity contribution in [3.05, 3.63) is 12.2 Å². The van der Waals surface area contributed by atoms with Crippen molar-refractivity contribution in [2.45, 2.75) is 32.9 Å². The van der Waals surface area contributed by atoms with Crippen LogP contribution in [0.1, 0.15) is 38.7 Å². The van der Waals surface area contributed by atoms with Gasteiger partial charge in [-0.25, -0.2) is 0 Å². The van der Waals surface area contributed by atoms with E-state index in [4.69, 9.17) is 4.74 Å². The summed E-state index contributed by atoms with van der Waals surface area (Å²) in [5, 5.41) is 11.0. The number of carbonyl (C=O) groups excluding carboxylic acids is 1. The van der Waals surface area contributed by atoms with Crippen molar-refractivity contribution in [2.24, 2.45) is 0 Å². The predicted octanol–water partition coefficient (Wildman–Crippen LogP) is 0.368. The Balaban J connectivity index is 1.88. The molecule has 1 aliphatic heterocycles. The molecule has 112 valence electrons. The smallest absolute Gasteiger partial charge is 0.234 e. The van der Waals surface area contributed by atoms with E-state index in [1.165, 1.54) is 0 Å². The van der Waals surface area contributed by atoms with E-state index >= 15 is 0 Å². The largest absolute Gasteiger partial charge is 0.379 e. The molecule has 7 nitrogen and oxygen atoms in total. The first-order valence-electron chi connectivity index (χ1n) is 7.06. The molecule has 0 spiro atoms. The third-order valence-electron chi connectivity index (χ3n) is 3.39. The highest BCUT2D eigenvalue weighted by Crippen LogP contribution is 2.14. The van der Waals surface area contributed by atoms with Crippen LogP contribution in [0, 0.1) is 0 Å². The highest BCUT2D eigenvalue weighted by Gasteiger charge is 2.19. The quantitative estimate of drug-likeness (QED) is 0.844. The predicted molar refractivity (Wildman–Crippen MR) is 74.2 cm³/mol. The minimum atomic E-state index is -0.145. The van der Waals surface area contributed by atoms with Crippen LogP contribution < -0.4 is 5.32 Å². The van der Waals surface area contributed by atoms with Crippen LogP contribution in [0.2, 0.25) is 0 Å². The van der Waals surface area contributed by atoms with E-state index in [2.05, 4.69) is 34.3 Å². The Kier molecular flexibility index (Phi) is 5.08. The number of ether oxygens (including phenoxy) is 1. The molecule has 1 N–H and O–H groups in total. The van der Waals surface area contributed by atoms with Crippen molar-refractivity contribution in [1.82, 2.24) is 25.0 Å². The lowest BCUT2D eigenvalue weighted by atomic mass is 10.2. The zero-order valence-corrected chi connectivity index (χ0v) is 12.4. The maximum absolute atomic E-state index is 12.0. The van der Waals surface area contributed by atoms with Crippen LogP contribution in [0.25, 0.3) is 0 Å². The van der Waals surface area contributed by atoms with Crippen LogP contribution in [-0.4, -0.2) is 58.4 Å². The zero-order chi connectivity index (χ0) is 14.5. The Labute approximate surface area is 119 Å². The molecule has 1 aliphatic rings. The third-order valence-corrected chi connectivity index (χ3v) is 3.39. The van der Waals surface area contributed by atoms with Gasteiger partial charge in [0.1, 0.15) is 6.33 Å². The van der Waals surface area contributed by atoms with Crippen molar-refractivity contribution in [1.29, 1.82) is 0 Å². The zero-order valence-electron chi connectivity index (χ0n) is 12.4. The van der Waals surface area contributed by atoms with Gasteiger partial charge in [-0.2, -0.15) is 0 Å². The van der Waals surface area contributed by atoms with Crippen LogP contribution >= 0.6 is 0 Å². The second-order valence-corrected chi connectivity index (χ2v) is 5.37. The lowest BCUT2D eigenvalue weighted by Crippen LogP contribution is -2.43. The van der Waals surface area contributed by atoms with Gasteiger partial charge in [0.25, 0.3) is 0 Å². The van der Waals surface area contributed by atoms with Gasteiger partial charge >= 0.3 is 0 Å². The average Bonchev–Trinajstić information content (AvgIpc) is 2.89. The Morgan fingerprint density at radius 1 is 1.40 bits per heavy atom. The van der Waals surface area contributed by atoms with E-state index < -0.39 is 0 Å². The second kappa shape index (κ2) is 6.81. The summed E-state index contributed by atoms with van der Waals surface area (Å²) in [6, 6.07) is 0.132. The van der Waals surface area contributed by atoms with Gasteiger partial charge in [-0.1, -0.05) is 0 Å². The standard InChI is InChI=1S/C13H23N5O2/c1-10(2)18-9-14-16-13(18)11(3)15-12(19)8-17-4-6-20-7-5-17/h9-11H,4-8H2,1-3H3,(H,15,19). The molecule has 1 aromatic heterocycles. The topological polar surface area (TPSA) is 72.3 Å². The number of carbonyl (C=O) groups is 1. The molecule has 1 atom stereocenters. The minimum absolute atomic E-state index is 0.0118. The number of morpholine rings is 1. The van der Waals surface area contributed by atoms with Crippen LogP contribution in [-0.2, 0) is 9.53 Å². The van der Waals surface area contributed by atoms with E-state index in [9.17, 15) is 4.79 Å². The van der Waals surface area contributed by atoms with Crippen molar-refractivity contribution in [3.63, 3.8) is 0 Å². The van der Waals surface area contributed by atoms with Gasteiger partial charge in [-0.15, -0.1) is 10.2 Å². The van der Waals surface area contributed by atoms with E-state index in [0.29, 0.717) is 19.8 Å². The van der Waals surface area contributed by atoms with Crippen molar-refractivity contribution < 1.29 is 9.53 Å². The molecule has 0 saturated carbocycles. The van der Waals surface area contributed by atoms with Gasteiger partial charge in [0.15, 0.2) is 5.82 Å². The molecule has 7 heteroatoms. The van der Waals surface area contributed by atoms with Crippen LogP contribution in [0.15, 0.2) is 6.33 Å². The van der Waals surface area contributed by atoms with Gasteiger partial charge in [0.05, 0.1) is 25.8 Å². The summed E-state index contributed by atoms with van der Waals surface area (Å²) in [5.74, 6) is 0.799. The van der Waals surface area contributed by atoms with E-state index in [1.807, 2.05) is 11.5 Å². The molecule has 1 unspecified atom stereocenters. The molecule has 0 aromatic carbocycles. The van der Waals surface area contributed by atoms with Crippen molar-refractivity contribution in [2.75, 3.05) is 32.8 Å². The number of rotatable bonds is 5. The van der Waals surface area contributed by atoms with Gasteiger partial charge in [-0.3, -0.25) is 9.69 Å². The van der Waals surface area contributed by atoms with Gasteiger partial charge in [0.2, 0.25) is 5.91 Å². The lowest BCUT2D eigenvalue weighted by molar-refractivity contribution is -0.124. The Bertz CT molecular complexity index is 440.